The molecule has 0 saturated heterocycles. The summed E-state index contributed by atoms with van der Waals surface area (Å²) in [5.41, 5.74) is 0. The monoisotopic (exact) mass is 296 g/mol. The predicted octanol–water partition coefficient (Wildman–Crippen LogP) is 2.90. The Bertz CT molecular complexity index is 365. The van der Waals surface area contributed by atoms with E-state index in [9.17, 15) is 9.59 Å². The Balaban J connectivity index is 1.65. The first kappa shape index (κ1) is 16.1. The average Bonchev–Trinajstić information content (AvgIpc) is 2.90. The Labute approximate surface area is 126 Å². The smallest absolute Gasteiger partial charge is 0.315 e. The molecule has 5 nitrogen and oxygen atoms in total. The number of urea groups is 1. The minimum absolute atomic E-state index is 0.0162. The Morgan fingerprint density at radius 2 is 1.62 bits per heavy atom. The quantitative estimate of drug-likeness (QED) is 0.730. The third kappa shape index (κ3) is 4.90. The molecule has 21 heavy (non-hydrogen) atoms. The minimum Gasteiger partial charge on any atom is -0.481 e. The molecule has 2 atom stereocenters. The van der Waals surface area contributed by atoms with E-state index >= 15 is 0 Å². The first-order valence-corrected chi connectivity index (χ1v) is 8.38. The van der Waals surface area contributed by atoms with Crippen LogP contribution in [0.5, 0.6) is 0 Å². The molecule has 2 amide bonds. The summed E-state index contributed by atoms with van der Waals surface area (Å²) in [6.45, 7) is 2.23. The van der Waals surface area contributed by atoms with Crippen molar-refractivity contribution in [3.8, 4) is 0 Å². The Hall–Kier alpha value is -1.26. The second-order valence-electron chi connectivity index (χ2n) is 6.67. The van der Waals surface area contributed by atoms with Crippen LogP contribution in [0.1, 0.15) is 64.7 Å². The second kappa shape index (κ2) is 7.66. The van der Waals surface area contributed by atoms with E-state index in [0.717, 1.165) is 25.2 Å². The topological polar surface area (TPSA) is 78.4 Å². The van der Waals surface area contributed by atoms with E-state index in [1.165, 1.54) is 25.7 Å². The van der Waals surface area contributed by atoms with Gasteiger partial charge in [0.15, 0.2) is 0 Å². The molecule has 0 bridgehead atoms. The normalized spacial score (nSPS) is 32.6. The van der Waals surface area contributed by atoms with Crippen LogP contribution in [0.15, 0.2) is 0 Å². The third-order valence-electron chi connectivity index (χ3n) is 5.00. The molecule has 2 rings (SSSR count). The summed E-state index contributed by atoms with van der Waals surface area (Å²) < 4.78 is 0. The van der Waals surface area contributed by atoms with E-state index < -0.39 is 5.97 Å². The molecule has 0 aliphatic heterocycles. The van der Waals surface area contributed by atoms with Crippen molar-refractivity contribution in [3.05, 3.63) is 0 Å². The van der Waals surface area contributed by atoms with Gasteiger partial charge < -0.3 is 15.7 Å². The van der Waals surface area contributed by atoms with Gasteiger partial charge in [0.25, 0.3) is 0 Å². The zero-order chi connectivity index (χ0) is 15.2. The standard InChI is InChI=1S/C16H28N2O3/c1-2-3-11-4-7-13(8-5-11)17-16(21)18-14-9-6-12(10-14)15(19)20/h11-14H,2-10H2,1H3,(H,19,20)(H2,17,18,21)/t11?,12-,13?,14+/m1/s1. The van der Waals surface area contributed by atoms with Gasteiger partial charge in [-0.3, -0.25) is 4.79 Å². The zero-order valence-corrected chi connectivity index (χ0v) is 12.9. The maximum atomic E-state index is 12.0. The molecule has 2 aliphatic carbocycles. The largest absolute Gasteiger partial charge is 0.481 e. The molecule has 0 aromatic rings. The van der Waals surface area contributed by atoms with Crippen molar-refractivity contribution in [1.82, 2.24) is 10.6 Å². The van der Waals surface area contributed by atoms with E-state index in [2.05, 4.69) is 17.6 Å². The lowest BCUT2D eigenvalue weighted by Crippen LogP contribution is -2.46. The van der Waals surface area contributed by atoms with Gasteiger partial charge in [-0.2, -0.15) is 0 Å². The van der Waals surface area contributed by atoms with Gasteiger partial charge in [-0.05, 0) is 50.9 Å². The van der Waals surface area contributed by atoms with Crippen LogP contribution in [0.2, 0.25) is 0 Å². The SMILES string of the molecule is CCCC1CCC(NC(=O)N[C@H]2CC[C@@H](C(=O)O)C2)CC1. The molecule has 120 valence electrons. The molecule has 0 aromatic heterocycles. The van der Waals surface area contributed by atoms with Crippen LogP contribution in [0.4, 0.5) is 4.79 Å². The molecule has 0 aromatic carbocycles. The predicted molar refractivity (Wildman–Crippen MR) is 81.1 cm³/mol. The molecule has 0 spiro atoms. The van der Waals surface area contributed by atoms with Gasteiger partial charge in [0.2, 0.25) is 0 Å². The van der Waals surface area contributed by atoms with Gasteiger partial charge in [0, 0.05) is 12.1 Å². The summed E-state index contributed by atoms with van der Waals surface area (Å²) in [4.78, 5) is 22.9. The third-order valence-corrected chi connectivity index (χ3v) is 5.00. The highest BCUT2D eigenvalue weighted by Gasteiger charge is 2.31. The molecule has 2 saturated carbocycles. The first-order valence-electron chi connectivity index (χ1n) is 8.38. The number of hydrogen-bond acceptors (Lipinski definition) is 2. The van der Waals surface area contributed by atoms with E-state index in [1.807, 2.05) is 0 Å². The van der Waals surface area contributed by atoms with Crippen molar-refractivity contribution >= 4 is 12.0 Å². The number of carbonyl (C=O) groups excluding carboxylic acids is 1. The molecule has 3 N–H and O–H groups in total. The summed E-state index contributed by atoms with van der Waals surface area (Å²) in [5.74, 6) is -0.198. The summed E-state index contributed by atoms with van der Waals surface area (Å²) >= 11 is 0. The Morgan fingerprint density at radius 3 is 2.19 bits per heavy atom. The van der Waals surface area contributed by atoms with Crippen molar-refractivity contribution in [2.45, 2.75) is 76.8 Å². The minimum atomic E-state index is -0.742. The number of nitrogens with one attached hydrogen (secondary N) is 2. The van der Waals surface area contributed by atoms with Crippen molar-refractivity contribution in [2.75, 3.05) is 0 Å². The molecular formula is C16H28N2O3. The maximum Gasteiger partial charge on any atom is 0.315 e. The van der Waals surface area contributed by atoms with Gasteiger partial charge in [0.05, 0.1) is 5.92 Å². The second-order valence-corrected chi connectivity index (χ2v) is 6.67. The average molecular weight is 296 g/mol. The number of amides is 2. The fraction of sp³-hybridized carbons (Fsp3) is 0.875. The molecule has 0 radical (unpaired) electrons. The molecular weight excluding hydrogens is 268 g/mol. The lowest BCUT2D eigenvalue weighted by molar-refractivity contribution is -0.141. The first-order chi connectivity index (χ1) is 10.1. The van der Waals surface area contributed by atoms with Gasteiger partial charge in [-0.1, -0.05) is 19.8 Å². The fourth-order valence-corrected chi connectivity index (χ4v) is 3.75. The van der Waals surface area contributed by atoms with Crippen LogP contribution in [0.3, 0.4) is 0 Å². The highest BCUT2D eigenvalue weighted by atomic mass is 16.4. The highest BCUT2D eigenvalue weighted by Crippen LogP contribution is 2.28. The van der Waals surface area contributed by atoms with Crippen LogP contribution in [0, 0.1) is 11.8 Å². The van der Waals surface area contributed by atoms with Crippen LogP contribution >= 0.6 is 0 Å². The number of carboxylic acids is 1. The van der Waals surface area contributed by atoms with Gasteiger partial charge in [0.1, 0.15) is 0 Å². The van der Waals surface area contributed by atoms with E-state index in [0.29, 0.717) is 12.8 Å². The molecule has 0 heterocycles. The van der Waals surface area contributed by atoms with Crippen LogP contribution in [0.25, 0.3) is 0 Å². The van der Waals surface area contributed by atoms with Crippen LogP contribution in [-0.4, -0.2) is 29.2 Å². The summed E-state index contributed by atoms with van der Waals surface area (Å²) in [5, 5.41) is 15.0. The highest BCUT2D eigenvalue weighted by molar-refractivity contribution is 5.75. The van der Waals surface area contributed by atoms with Crippen LogP contribution in [-0.2, 0) is 4.79 Å². The number of hydrogen-bond donors (Lipinski definition) is 3. The molecule has 5 heteroatoms. The van der Waals surface area contributed by atoms with E-state index in [1.54, 1.807) is 0 Å². The van der Waals surface area contributed by atoms with Crippen molar-refractivity contribution in [2.24, 2.45) is 11.8 Å². The van der Waals surface area contributed by atoms with E-state index in [-0.39, 0.29) is 24.0 Å². The molecule has 2 aliphatic rings. The number of aliphatic carboxylic acids is 1. The van der Waals surface area contributed by atoms with Crippen molar-refractivity contribution in [3.63, 3.8) is 0 Å². The van der Waals surface area contributed by atoms with Gasteiger partial charge in [-0.15, -0.1) is 0 Å². The number of carboxylic acid groups (broad SMARTS) is 1. The zero-order valence-electron chi connectivity index (χ0n) is 12.9. The van der Waals surface area contributed by atoms with E-state index in [4.69, 9.17) is 5.11 Å². The Morgan fingerprint density at radius 1 is 1.00 bits per heavy atom. The lowest BCUT2D eigenvalue weighted by atomic mass is 9.83. The number of rotatable bonds is 5. The summed E-state index contributed by atoms with van der Waals surface area (Å²) in [6, 6.07) is 0.183. The molecule has 2 fully saturated rings. The maximum absolute atomic E-state index is 12.0. The van der Waals surface area contributed by atoms with Gasteiger partial charge in [-0.25, -0.2) is 4.79 Å². The molecule has 0 unspecified atom stereocenters. The lowest BCUT2D eigenvalue weighted by Gasteiger charge is -2.29. The number of carbonyl (C=O) groups is 2. The summed E-state index contributed by atoms with van der Waals surface area (Å²) in [7, 11) is 0. The van der Waals surface area contributed by atoms with Crippen LogP contribution < -0.4 is 10.6 Å². The van der Waals surface area contributed by atoms with Gasteiger partial charge >= 0.3 is 12.0 Å². The fourth-order valence-electron chi connectivity index (χ4n) is 3.75. The Kier molecular flexibility index (Phi) is 5.88. The van der Waals surface area contributed by atoms with Crippen molar-refractivity contribution < 1.29 is 14.7 Å². The van der Waals surface area contributed by atoms with Crippen molar-refractivity contribution in [1.29, 1.82) is 0 Å². The summed E-state index contributed by atoms with van der Waals surface area (Å²) in [6.07, 6.45) is 9.11.